The van der Waals surface area contributed by atoms with Gasteiger partial charge >= 0.3 is 0 Å². The van der Waals surface area contributed by atoms with Gasteiger partial charge in [0.25, 0.3) is 5.91 Å². The van der Waals surface area contributed by atoms with Crippen molar-refractivity contribution in [2.75, 3.05) is 45.8 Å². The smallest absolute Gasteiger partial charge is 0.263 e. The average molecular weight is 440 g/mol. The van der Waals surface area contributed by atoms with E-state index >= 15 is 0 Å². The van der Waals surface area contributed by atoms with Crippen LogP contribution in [0.5, 0.6) is 0 Å². The van der Waals surface area contributed by atoms with Crippen molar-refractivity contribution in [1.29, 1.82) is 0 Å². The van der Waals surface area contributed by atoms with Gasteiger partial charge in [-0.25, -0.2) is 0 Å². The number of likely N-dealkylation sites (tertiary alicyclic amines) is 1. The molecule has 0 radical (unpaired) electrons. The average Bonchev–Trinajstić information content (AvgIpc) is 3.25. The summed E-state index contributed by atoms with van der Waals surface area (Å²) in [5, 5.41) is 1.94. The summed E-state index contributed by atoms with van der Waals surface area (Å²) in [5.41, 5.74) is 1.40. The lowest BCUT2D eigenvalue weighted by Gasteiger charge is -2.34. The van der Waals surface area contributed by atoms with Crippen LogP contribution in [-0.4, -0.2) is 72.3 Å². The molecular weight excluding hydrogens is 406 g/mol. The second kappa shape index (κ2) is 10.9. The second-order valence-corrected chi connectivity index (χ2v) is 9.60. The van der Waals surface area contributed by atoms with Gasteiger partial charge in [-0.15, -0.1) is 11.3 Å². The Hall–Kier alpha value is -2.18. The van der Waals surface area contributed by atoms with Crippen molar-refractivity contribution < 1.29 is 9.59 Å². The fourth-order valence-electron chi connectivity index (χ4n) is 4.71. The summed E-state index contributed by atoms with van der Waals surface area (Å²) in [5.74, 6) is 0.480. The highest BCUT2D eigenvalue weighted by Crippen LogP contribution is 2.23. The van der Waals surface area contributed by atoms with Crippen LogP contribution in [0.4, 0.5) is 0 Å². The van der Waals surface area contributed by atoms with Gasteiger partial charge in [-0.1, -0.05) is 36.4 Å². The Kier molecular flexibility index (Phi) is 7.76. The summed E-state index contributed by atoms with van der Waals surface area (Å²) in [6.45, 7) is 6.21. The van der Waals surface area contributed by atoms with Crippen LogP contribution in [0, 0.1) is 5.92 Å². The molecule has 0 atom stereocenters. The summed E-state index contributed by atoms with van der Waals surface area (Å²) in [6.07, 6.45) is 4.89. The molecule has 2 aliphatic heterocycles. The van der Waals surface area contributed by atoms with Gasteiger partial charge in [0.2, 0.25) is 5.91 Å². The van der Waals surface area contributed by atoms with Gasteiger partial charge in [-0.3, -0.25) is 9.59 Å². The lowest BCUT2D eigenvalue weighted by molar-refractivity contribution is -0.136. The second-order valence-electron chi connectivity index (χ2n) is 8.65. The SMILES string of the molecule is O=C(c1cccs1)N1CCC(C(=O)N2CCCN(CCCc3ccccc3)CC2)CC1. The van der Waals surface area contributed by atoms with Crippen LogP contribution in [0.3, 0.4) is 0 Å². The fraction of sp³-hybridized carbons (Fsp3) is 0.520. The van der Waals surface area contributed by atoms with E-state index in [4.69, 9.17) is 0 Å². The number of carbonyl (C=O) groups is 2. The summed E-state index contributed by atoms with van der Waals surface area (Å²) in [6, 6.07) is 14.5. The fourth-order valence-corrected chi connectivity index (χ4v) is 5.40. The summed E-state index contributed by atoms with van der Waals surface area (Å²) in [4.78, 5) is 33.0. The quantitative estimate of drug-likeness (QED) is 0.688. The first-order valence-corrected chi connectivity index (χ1v) is 12.5. The van der Waals surface area contributed by atoms with E-state index in [2.05, 4.69) is 40.1 Å². The molecule has 0 N–H and O–H groups in total. The molecule has 2 aromatic rings. The lowest BCUT2D eigenvalue weighted by atomic mass is 9.95. The first-order chi connectivity index (χ1) is 15.2. The van der Waals surface area contributed by atoms with Crippen LogP contribution >= 0.6 is 11.3 Å². The van der Waals surface area contributed by atoms with E-state index in [-0.39, 0.29) is 11.8 Å². The van der Waals surface area contributed by atoms with Crippen LogP contribution in [0.1, 0.15) is 40.9 Å². The zero-order chi connectivity index (χ0) is 21.5. The third kappa shape index (κ3) is 5.95. The van der Waals surface area contributed by atoms with Gasteiger partial charge in [0.1, 0.15) is 0 Å². The zero-order valence-electron chi connectivity index (χ0n) is 18.2. The molecular formula is C25H33N3O2S. The Morgan fingerprint density at radius 2 is 1.68 bits per heavy atom. The standard InChI is InChI=1S/C25H33N3O2S/c29-24(22-11-16-28(17-12-22)25(30)23-10-5-20-31-23)27-15-6-14-26(18-19-27)13-4-9-21-7-2-1-3-8-21/h1-3,5,7-8,10,20,22H,4,6,9,11-19H2. The molecule has 6 heteroatoms. The van der Waals surface area contributed by atoms with Gasteiger partial charge in [0.05, 0.1) is 4.88 Å². The minimum atomic E-state index is 0.0667. The number of amides is 2. The zero-order valence-corrected chi connectivity index (χ0v) is 19.1. The van der Waals surface area contributed by atoms with Crippen LogP contribution in [0.15, 0.2) is 47.8 Å². The van der Waals surface area contributed by atoms with E-state index in [9.17, 15) is 9.59 Å². The molecule has 31 heavy (non-hydrogen) atoms. The van der Waals surface area contributed by atoms with Gasteiger partial charge in [0, 0.05) is 38.6 Å². The van der Waals surface area contributed by atoms with E-state index in [1.807, 2.05) is 22.4 Å². The third-order valence-corrected chi connectivity index (χ3v) is 7.40. The first-order valence-electron chi connectivity index (χ1n) is 11.6. The monoisotopic (exact) mass is 439 g/mol. The molecule has 166 valence electrons. The normalized spacial score (nSPS) is 18.7. The first kappa shape index (κ1) is 22.0. The molecule has 0 spiro atoms. The summed E-state index contributed by atoms with van der Waals surface area (Å²) >= 11 is 1.49. The third-order valence-electron chi connectivity index (χ3n) is 6.55. The number of thiophene rings is 1. The maximum atomic E-state index is 13.1. The van der Waals surface area contributed by atoms with Gasteiger partial charge in [-0.2, -0.15) is 0 Å². The number of carbonyl (C=O) groups excluding carboxylic acids is 2. The highest BCUT2D eigenvalue weighted by Gasteiger charge is 2.31. The Morgan fingerprint density at radius 1 is 0.871 bits per heavy atom. The number of hydrogen-bond donors (Lipinski definition) is 0. The maximum Gasteiger partial charge on any atom is 0.263 e. The number of nitrogens with zero attached hydrogens (tertiary/aromatic N) is 3. The number of aryl methyl sites for hydroxylation is 1. The van der Waals surface area contributed by atoms with Crippen LogP contribution < -0.4 is 0 Å². The Bertz CT molecular complexity index is 832. The number of rotatable bonds is 6. The van der Waals surface area contributed by atoms with Crippen LogP contribution in [0.25, 0.3) is 0 Å². The minimum Gasteiger partial charge on any atom is -0.341 e. The topological polar surface area (TPSA) is 43.9 Å². The molecule has 2 aliphatic rings. The Morgan fingerprint density at radius 3 is 2.42 bits per heavy atom. The van der Waals surface area contributed by atoms with Crippen molar-refractivity contribution in [3.05, 3.63) is 58.3 Å². The molecule has 0 unspecified atom stereocenters. The van der Waals surface area contributed by atoms with Gasteiger partial charge in [-0.05, 0) is 62.2 Å². The van der Waals surface area contributed by atoms with Crippen molar-refractivity contribution in [1.82, 2.24) is 14.7 Å². The van der Waals surface area contributed by atoms with E-state index < -0.39 is 0 Å². The maximum absolute atomic E-state index is 13.1. The van der Waals surface area contributed by atoms with Gasteiger partial charge < -0.3 is 14.7 Å². The Labute approximate surface area is 189 Å². The minimum absolute atomic E-state index is 0.0667. The van der Waals surface area contributed by atoms with Gasteiger partial charge in [0.15, 0.2) is 0 Å². The molecule has 2 fully saturated rings. The van der Waals surface area contributed by atoms with Crippen molar-refractivity contribution in [2.45, 2.75) is 32.1 Å². The summed E-state index contributed by atoms with van der Waals surface area (Å²) in [7, 11) is 0. The molecule has 1 aromatic carbocycles. The highest BCUT2D eigenvalue weighted by molar-refractivity contribution is 7.12. The van der Waals surface area contributed by atoms with Crippen molar-refractivity contribution in [3.63, 3.8) is 0 Å². The lowest BCUT2D eigenvalue weighted by Crippen LogP contribution is -2.45. The van der Waals surface area contributed by atoms with E-state index in [0.29, 0.717) is 19.0 Å². The highest BCUT2D eigenvalue weighted by atomic mass is 32.1. The summed E-state index contributed by atoms with van der Waals surface area (Å²) < 4.78 is 0. The molecule has 5 nitrogen and oxygen atoms in total. The molecule has 2 saturated heterocycles. The van der Waals surface area contributed by atoms with Crippen molar-refractivity contribution in [3.8, 4) is 0 Å². The molecule has 0 saturated carbocycles. The molecule has 1 aromatic heterocycles. The largest absolute Gasteiger partial charge is 0.341 e. The van der Waals surface area contributed by atoms with Crippen LogP contribution in [-0.2, 0) is 11.2 Å². The van der Waals surface area contributed by atoms with Crippen molar-refractivity contribution >= 4 is 23.2 Å². The number of benzene rings is 1. The van der Waals surface area contributed by atoms with Crippen molar-refractivity contribution in [2.24, 2.45) is 5.92 Å². The predicted octanol–water partition coefficient (Wildman–Crippen LogP) is 3.77. The van der Waals surface area contributed by atoms with E-state index in [1.54, 1.807) is 0 Å². The molecule has 0 bridgehead atoms. The number of piperidine rings is 1. The number of hydrogen-bond acceptors (Lipinski definition) is 4. The molecule has 4 rings (SSSR count). The van der Waals surface area contributed by atoms with E-state index in [1.165, 1.54) is 16.9 Å². The molecule has 0 aliphatic carbocycles. The molecule has 3 heterocycles. The van der Waals surface area contributed by atoms with E-state index in [0.717, 1.165) is 69.7 Å². The Balaban J connectivity index is 1.19. The predicted molar refractivity (Wildman–Crippen MR) is 125 cm³/mol. The van der Waals surface area contributed by atoms with Crippen LogP contribution in [0.2, 0.25) is 0 Å². The molecule has 2 amide bonds.